The summed E-state index contributed by atoms with van der Waals surface area (Å²) in [6.07, 6.45) is 3.44. The number of ether oxygens (including phenoxy) is 2. The second-order valence-electron chi connectivity index (χ2n) is 5.66. The normalized spacial score (nSPS) is 13.0. The molecule has 1 N–H and O–H groups in total. The van der Waals surface area contributed by atoms with Crippen LogP contribution in [0, 0.1) is 11.3 Å². The number of carbonyl (C=O) groups is 1. The molecule has 5 heteroatoms. The Bertz CT molecular complexity index is 566. The van der Waals surface area contributed by atoms with E-state index in [-0.39, 0.29) is 5.91 Å². The molecule has 1 atom stereocenters. The summed E-state index contributed by atoms with van der Waals surface area (Å²) in [4.78, 5) is 12.4. The van der Waals surface area contributed by atoms with Crippen LogP contribution in [0.3, 0.4) is 0 Å². The second-order valence-corrected chi connectivity index (χ2v) is 5.66. The van der Waals surface area contributed by atoms with Gasteiger partial charge in [-0.3, -0.25) is 4.79 Å². The maximum Gasteiger partial charge on any atom is 0.256 e. The minimum absolute atomic E-state index is 0.252. The molecule has 0 fully saturated rings. The van der Waals surface area contributed by atoms with E-state index in [9.17, 15) is 10.1 Å². The van der Waals surface area contributed by atoms with Crippen LogP contribution in [0.15, 0.2) is 18.2 Å². The van der Waals surface area contributed by atoms with Crippen molar-refractivity contribution >= 4 is 11.6 Å². The number of nitriles is 1. The molecule has 1 unspecified atom stereocenters. The highest BCUT2D eigenvalue weighted by atomic mass is 16.5. The number of benzene rings is 1. The first kappa shape index (κ1) is 19.0. The number of nitrogens with one attached hydrogen (secondary N) is 1. The predicted molar refractivity (Wildman–Crippen MR) is 90.5 cm³/mol. The Balaban J connectivity index is 2.88. The Morgan fingerprint density at radius 1 is 1.35 bits per heavy atom. The topological polar surface area (TPSA) is 71.3 Å². The highest BCUT2D eigenvalue weighted by molar-refractivity contribution is 5.98. The average Bonchev–Trinajstić information content (AvgIpc) is 2.56. The summed E-state index contributed by atoms with van der Waals surface area (Å²) < 4.78 is 10.9. The number of anilines is 1. The van der Waals surface area contributed by atoms with Crippen LogP contribution in [-0.2, 0) is 9.53 Å². The summed E-state index contributed by atoms with van der Waals surface area (Å²) in [6.45, 7) is 6.45. The lowest BCUT2D eigenvalue weighted by atomic mass is 9.99. The van der Waals surface area contributed by atoms with Gasteiger partial charge in [0.15, 0.2) is 0 Å². The van der Waals surface area contributed by atoms with Gasteiger partial charge in [-0.1, -0.05) is 26.7 Å². The molecule has 0 radical (unpaired) electrons. The van der Waals surface area contributed by atoms with E-state index in [0.29, 0.717) is 30.0 Å². The highest BCUT2D eigenvalue weighted by Gasteiger charge is 2.32. The van der Waals surface area contributed by atoms with Crippen LogP contribution in [0.1, 0.15) is 52.0 Å². The van der Waals surface area contributed by atoms with Gasteiger partial charge in [0, 0.05) is 7.11 Å². The van der Waals surface area contributed by atoms with Crippen molar-refractivity contribution in [2.45, 2.75) is 52.1 Å². The molecule has 0 saturated heterocycles. The number of methoxy groups -OCH3 is 1. The van der Waals surface area contributed by atoms with Crippen molar-refractivity contribution in [3.63, 3.8) is 0 Å². The van der Waals surface area contributed by atoms with Gasteiger partial charge < -0.3 is 14.8 Å². The summed E-state index contributed by atoms with van der Waals surface area (Å²) in [6, 6.07) is 7.20. The Hall–Kier alpha value is -2.06. The van der Waals surface area contributed by atoms with Crippen LogP contribution >= 0.6 is 0 Å². The van der Waals surface area contributed by atoms with E-state index in [1.807, 2.05) is 6.92 Å². The summed E-state index contributed by atoms with van der Waals surface area (Å²) in [5.74, 6) is 0.383. The zero-order chi connectivity index (χ0) is 17.3. The van der Waals surface area contributed by atoms with Crippen molar-refractivity contribution in [1.29, 1.82) is 5.26 Å². The SMILES string of the molecule is CCCCOc1ccc(NC(=O)C(C)(CCC)OC)c(C#N)c1. The third kappa shape index (κ3) is 5.26. The first-order chi connectivity index (χ1) is 11.0. The smallest absolute Gasteiger partial charge is 0.256 e. The number of hydrogen-bond donors (Lipinski definition) is 1. The van der Waals surface area contributed by atoms with E-state index in [0.717, 1.165) is 19.3 Å². The van der Waals surface area contributed by atoms with Crippen LogP contribution < -0.4 is 10.1 Å². The van der Waals surface area contributed by atoms with E-state index < -0.39 is 5.60 Å². The molecule has 1 rings (SSSR count). The Morgan fingerprint density at radius 3 is 2.65 bits per heavy atom. The molecule has 0 aliphatic rings. The molecule has 5 nitrogen and oxygen atoms in total. The minimum atomic E-state index is -0.905. The van der Waals surface area contributed by atoms with Gasteiger partial charge in [-0.15, -0.1) is 0 Å². The van der Waals surface area contributed by atoms with Crippen molar-refractivity contribution in [2.75, 3.05) is 19.0 Å². The summed E-state index contributed by atoms with van der Waals surface area (Å²) in [5, 5.41) is 12.1. The van der Waals surface area contributed by atoms with Gasteiger partial charge in [-0.05, 0) is 38.0 Å². The van der Waals surface area contributed by atoms with Gasteiger partial charge >= 0.3 is 0 Å². The van der Waals surface area contributed by atoms with Crippen LogP contribution in [0.5, 0.6) is 5.75 Å². The number of unbranched alkanes of at least 4 members (excludes halogenated alkanes) is 1. The van der Waals surface area contributed by atoms with E-state index in [1.165, 1.54) is 7.11 Å². The Labute approximate surface area is 138 Å². The van der Waals surface area contributed by atoms with Crippen molar-refractivity contribution in [2.24, 2.45) is 0 Å². The lowest BCUT2D eigenvalue weighted by Gasteiger charge is -2.26. The molecule has 23 heavy (non-hydrogen) atoms. The van der Waals surface area contributed by atoms with Gasteiger partial charge in [0.25, 0.3) is 5.91 Å². The molecule has 0 aromatic heterocycles. The molecule has 0 spiro atoms. The molecule has 0 bridgehead atoms. The largest absolute Gasteiger partial charge is 0.494 e. The van der Waals surface area contributed by atoms with E-state index in [2.05, 4.69) is 18.3 Å². The van der Waals surface area contributed by atoms with Crippen LogP contribution in [-0.4, -0.2) is 25.2 Å². The number of carbonyl (C=O) groups excluding carboxylic acids is 1. The fourth-order valence-electron chi connectivity index (χ4n) is 2.19. The third-order valence-electron chi connectivity index (χ3n) is 3.78. The monoisotopic (exact) mass is 318 g/mol. The zero-order valence-corrected chi connectivity index (χ0v) is 14.4. The molecule has 126 valence electrons. The van der Waals surface area contributed by atoms with E-state index >= 15 is 0 Å². The predicted octanol–water partition coefficient (Wildman–Crippen LogP) is 3.88. The van der Waals surface area contributed by atoms with Crippen LogP contribution in [0.25, 0.3) is 0 Å². The Morgan fingerprint density at radius 2 is 2.09 bits per heavy atom. The molecule has 1 amide bonds. The molecular weight excluding hydrogens is 292 g/mol. The van der Waals surface area contributed by atoms with E-state index in [4.69, 9.17) is 9.47 Å². The van der Waals surface area contributed by atoms with Crippen molar-refractivity contribution in [1.82, 2.24) is 0 Å². The highest BCUT2D eigenvalue weighted by Crippen LogP contribution is 2.25. The van der Waals surface area contributed by atoms with Crippen molar-refractivity contribution in [3.8, 4) is 11.8 Å². The first-order valence-electron chi connectivity index (χ1n) is 8.04. The first-order valence-corrected chi connectivity index (χ1v) is 8.04. The van der Waals surface area contributed by atoms with Gasteiger partial charge in [0.1, 0.15) is 17.4 Å². The zero-order valence-electron chi connectivity index (χ0n) is 14.4. The molecule has 0 heterocycles. The lowest BCUT2D eigenvalue weighted by molar-refractivity contribution is -0.136. The molecule has 0 aliphatic carbocycles. The average molecular weight is 318 g/mol. The third-order valence-corrected chi connectivity index (χ3v) is 3.78. The van der Waals surface area contributed by atoms with Gasteiger partial charge in [0.05, 0.1) is 17.9 Å². The van der Waals surface area contributed by atoms with Crippen molar-refractivity contribution < 1.29 is 14.3 Å². The molecule has 1 aromatic rings. The minimum Gasteiger partial charge on any atom is -0.494 e. The summed E-state index contributed by atoms with van der Waals surface area (Å²) in [7, 11) is 1.52. The van der Waals surface area contributed by atoms with Crippen LogP contribution in [0.4, 0.5) is 5.69 Å². The quantitative estimate of drug-likeness (QED) is 0.701. The summed E-state index contributed by atoms with van der Waals surface area (Å²) >= 11 is 0. The molecule has 1 aromatic carbocycles. The maximum absolute atomic E-state index is 12.4. The molecule has 0 aliphatic heterocycles. The van der Waals surface area contributed by atoms with Gasteiger partial charge in [-0.25, -0.2) is 0 Å². The number of hydrogen-bond acceptors (Lipinski definition) is 4. The molecule has 0 saturated carbocycles. The van der Waals surface area contributed by atoms with Crippen molar-refractivity contribution in [3.05, 3.63) is 23.8 Å². The van der Waals surface area contributed by atoms with Crippen LogP contribution in [0.2, 0.25) is 0 Å². The standard InChI is InChI=1S/C18H26N2O3/c1-5-7-11-23-15-8-9-16(14(12-15)13-19)20-17(21)18(3,22-4)10-6-2/h8-9,12H,5-7,10-11H2,1-4H3,(H,20,21). The maximum atomic E-state index is 12.4. The van der Waals surface area contributed by atoms with Gasteiger partial charge in [0.2, 0.25) is 0 Å². The lowest BCUT2D eigenvalue weighted by Crippen LogP contribution is -2.41. The van der Waals surface area contributed by atoms with E-state index in [1.54, 1.807) is 25.1 Å². The number of amides is 1. The number of nitrogens with zero attached hydrogens (tertiary/aromatic N) is 1. The van der Waals surface area contributed by atoms with Gasteiger partial charge in [-0.2, -0.15) is 5.26 Å². The second kappa shape index (κ2) is 9.16. The molecular formula is C18H26N2O3. The fourth-order valence-corrected chi connectivity index (χ4v) is 2.19. The Kier molecular flexibility index (Phi) is 7.56. The number of rotatable bonds is 9. The fraction of sp³-hybridized carbons (Fsp3) is 0.556. The summed E-state index contributed by atoms with van der Waals surface area (Å²) in [5.41, 5.74) is -0.0559.